The number of phosphoric acid groups is 1. The van der Waals surface area contributed by atoms with Gasteiger partial charge in [-0.15, -0.1) is 0 Å². The summed E-state index contributed by atoms with van der Waals surface area (Å²) in [4.78, 5) is 21.5. The van der Waals surface area contributed by atoms with E-state index in [2.05, 4.69) is 6.92 Å². The smallest absolute Gasteiger partial charge is 0.329 e. The fraction of sp³-hybridized carbons (Fsp3) is 0.957. The summed E-state index contributed by atoms with van der Waals surface area (Å²) in [7, 11) is 1.91. The highest BCUT2D eigenvalue weighted by Crippen LogP contribution is 2.43. The SMILES string of the molecule is CCCCCCCCCCCCCCCC(=O)SCCOP(=O)(O)OCC[N+](C)(C)C. The third-order valence-electron chi connectivity index (χ3n) is 5.10. The van der Waals surface area contributed by atoms with Gasteiger partial charge in [0.2, 0.25) is 0 Å². The molecule has 0 saturated carbocycles. The number of nitrogens with zero attached hydrogens (tertiary/aromatic N) is 1. The molecule has 0 spiro atoms. The first kappa shape index (κ1) is 31.1. The van der Waals surface area contributed by atoms with Crippen molar-refractivity contribution in [1.82, 2.24) is 0 Å². The number of rotatable bonds is 22. The molecule has 1 unspecified atom stereocenters. The van der Waals surface area contributed by atoms with Crippen LogP contribution in [0.2, 0.25) is 0 Å². The molecule has 1 atom stereocenters. The molecule has 1 N–H and O–H groups in total. The fourth-order valence-electron chi connectivity index (χ4n) is 3.13. The second-order valence-corrected chi connectivity index (χ2v) is 12.0. The van der Waals surface area contributed by atoms with Crippen molar-refractivity contribution < 1.29 is 27.8 Å². The quantitative estimate of drug-likeness (QED) is 0.107. The van der Waals surface area contributed by atoms with Crippen LogP contribution in [0.25, 0.3) is 0 Å². The van der Waals surface area contributed by atoms with Crippen molar-refractivity contribution in [2.75, 3.05) is 46.7 Å². The molecule has 0 aliphatic rings. The van der Waals surface area contributed by atoms with Crippen LogP contribution in [0.1, 0.15) is 96.8 Å². The first-order valence-electron chi connectivity index (χ1n) is 12.2. The maximum Gasteiger partial charge on any atom is 0.472 e. The van der Waals surface area contributed by atoms with Crippen LogP contribution in [0.15, 0.2) is 0 Å². The summed E-state index contributed by atoms with van der Waals surface area (Å²) < 4.78 is 22.3. The lowest BCUT2D eigenvalue weighted by Crippen LogP contribution is -2.37. The Morgan fingerprint density at radius 3 is 1.74 bits per heavy atom. The molecule has 0 aliphatic carbocycles. The summed E-state index contributed by atoms with van der Waals surface area (Å²) >= 11 is 1.17. The van der Waals surface area contributed by atoms with E-state index < -0.39 is 7.82 Å². The van der Waals surface area contributed by atoms with Crippen LogP contribution >= 0.6 is 19.6 Å². The Labute approximate surface area is 196 Å². The summed E-state index contributed by atoms with van der Waals surface area (Å²) in [5.74, 6) is 0.376. The highest BCUT2D eigenvalue weighted by Gasteiger charge is 2.22. The van der Waals surface area contributed by atoms with E-state index in [4.69, 9.17) is 9.05 Å². The van der Waals surface area contributed by atoms with Crippen molar-refractivity contribution in [2.24, 2.45) is 0 Å². The monoisotopic (exact) mass is 482 g/mol. The van der Waals surface area contributed by atoms with E-state index in [1.54, 1.807) is 0 Å². The average Bonchev–Trinajstić information content (AvgIpc) is 2.67. The lowest BCUT2D eigenvalue weighted by atomic mass is 10.0. The summed E-state index contributed by atoms with van der Waals surface area (Å²) in [6, 6.07) is 0. The molecule has 0 aromatic carbocycles. The highest BCUT2D eigenvalue weighted by molar-refractivity contribution is 8.13. The first-order chi connectivity index (χ1) is 14.7. The van der Waals surface area contributed by atoms with Crippen LogP contribution in [0.5, 0.6) is 0 Å². The molecule has 0 heterocycles. The number of carbonyl (C=O) groups excluding carboxylic acids is 1. The first-order valence-corrected chi connectivity index (χ1v) is 14.7. The van der Waals surface area contributed by atoms with Crippen molar-refractivity contribution >= 4 is 24.7 Å². The van der Waals surface area contributed by atoms with Crippen LogP contribution < -0.4 is 0 Å². The van der Waals surface area contributed by atoms with Gasteiger partial charge in [0, 0.05) is 12.2 Å². The maximum atomic E-state index is 11.9. The predicted molar refractivity (Wildman–Crippen MR) is 132 cm³/mol. The van der Waals surface area contributed by atoms with Crippen molar-refractivity contribution in [1.29, 1.82) is 0 Å². The Kier molecular flexibility index (Phi) is 19.6. The van der Waals surface area contributed by atoms with Gasteiger partial charge in [-0.25, -0.2) is 4.57 Å². The summed E-state index contributed by atoms with van der Waals surface area (Å²) in [6.07, 6.45) is 17.4. The number of quaternary nitrogens is 1. The van der Waals surface area contributed by atoms with E-state index >= 15 is 0 Å². The number of hydrogen-bond acceptors (Lipinski definition) is 5. The molecule has 6 nitrogen and oxygen atoms in total. The van der Waals surface area contributed by atoms with Gasteiger partial charge >= 0.3 is 7.82 Å². The van der Waals surface area contributed by atoms with Crippen molar-refractivity contribution in [2.45, 2.75) is 96.8 Å². The van der Waals surface area contributed by atoms with Gasteiger partial charge in [-0.3, -0.25) is 13.8 Å². The Bertz CT molecular complexity index is 485. The number of hydrogen-bond donors (Lipinski definition) is 1. The van der Waals surface area contributed by atoms with Gasteiger partial charge in [-0.05, 0) is 6.42 Å². The Morgan fingerprint density at radius 1 is 0.806 bits per heavy atom. The number of carbonyl (C=O) groups is 1. The van der Waals surface area contributed by atoms with Gasteiger partial charge in [-0.1, -0.05) is 95.7 Å². The molecule has 0 amide bonds. The summed E-state index contributed by atoms with van der Waals surface area (Å²) in [6.45, 7) is 3.06. The van der Waals surface area contributed by atoms with Crippen molar-refractivity contribution in [3.05, 3.63) is 0 Å². The van der Waals surface area contributed by atoms with Gasteiger partial charge < -0.3 is 9.38 Å². The minimum Gasteiger partial charge on any atom is -0.329 e. The third-order valence-corrected chi connectivity index (χ3v) is 7.02. The molecular weight excluding hydrogens is 433 g/mol. The molecule has 0 bridgehead atoms. The molecular formula is C23H49NO5PS+. The van der Waals surface area contributed by atoms with Crippen LogP contribution in [0.3, 0.4) is 0 Å². The average molecular weight is 483 g/mol. The minimum atomic E-state index is -4.02. The zero-order valence-electron chi connectivity index (χ0n) is 20.6. The van der Waals surface area contributed by atoms with Gasteiger partial charge in [0.1, 0.15) is 13.2 Å². The Balaban J connectivity index is 3.44. The molecule has 8 heteroatoms. The fourth-order valence-corrected chi connectivity index (χ4v) is 4.65. The second-order valence-electron chi connectivity index (χ2n) is 9.36. The van der Waals surface area contributed by atoms with Gasteiger partial charge in [-0.2, -0.15) is 0 Å². The number of thioether (sulfide) groups is 1. The van der Waals surface area contributed by atoms with E-state index in [1.165, 1.54) is 82.4 Å². The van der Waals surface area contributed by atoms with E-state index in [-0.39, 0.29) is 18.3 Å². The zero-order chi connectivity index (χ0) is 23.4. The van der Waals surface area contributed by atoms with E-state index in [0.717, 1.165) is 12.8 Å². The largest absolute Gasteiger partial charge is 0.472 e. The van der Waals surface area contributed by atoms with Gasteiger partial charge in [0.25, 0.3) is 0 Å². The summed E-state index contributed by atoms with van der Waals surface area (Å²) in [5.41, 5.74) is 0. The highest BCUT2D eigenvalue weighted by atomic mass is 32.2. The topological polar surface area (TPSA) is 72.8 Å². The van der Waals surface area contributed by atoms with Crippen LogP contribution in [0, 0.1) is 0 Å². The molecule has 186 valence electrons. The molecule has 0 radical (unpaired) electrons. The van der Waals surface area contributed by atoms with Gasteiger partial charge in [0.05, 0.1) is 27.7 Å². The van der Waals surface area contributed by atoms with Crippen LogP contribution in [-0.2, 0) is 18.4 Å². The molecule has 31 heavy (non-hydrogen) atoms. The summed E-state index contributed by atoms with van der Waals surface area (Å²) in [5, 5.41) is 0.130. The van der Waals surface area contributed by atoms with E-state index in [9.17, 15) is 14.3 Å². The molecule has 0 aromatic heterocycles. The normalized spacial score (nSPS) is 14.0. The van der Waals surface area contributed by atoms with Crippen LogP contribution in [-0.4, -0.2) is 61.1 Å². The third kappa shape index (κ3) is 24.6. The Hall–Kier alpha value is 0.0900. The minimum absolute atomic E-state index is 0.0349. The van der Waals surface area contributed by atoms with Gasteiger partial charge in [0.15, 0.2) is 5.12 Å². The number of phosphoric ester groups is 1. The number of unbranched alkanes of at least 4 members (excludes halogenated alkanes) is 12. The standard InChI is InChI=1S/C23H48NO5PS/c1-5-6-7-8-9-10-11-12-13-14-15-16-17-18-23(25)31-22-21-29-30(26,27)28-20-19-24(2,3)4/h5-22H2,1-4H3/p+1. The zero-order valence-corrected chi connectivity index (χ0v) is 22.3. The molecule has 0 fully saturated rings. The molecule has 0 saturated heterocycles. The second kappa shape index (κ2) is 19.5. The van der Waals surface area contributed by atoms with Crippen LogP contribution in [0.4, 0.5) is 0 Å². The predicted octanol–water partition coefficient (Wildman–Crippen LogP) is 6.57. The van der Waals surface area contributed by atoms with Crippen molar-refractivity contribution in [3.8, 4) is 0 Å². The maximum absolute atomic E-state index is 11.9. The lowest BCUT2D eigenvalue weighted by Gasteiger charge is -2.23. The van der Waals surface area contributed by atoms with Crippen molar-refractivity contribution in [3.63, 3.8) is 0 Å². The molecule has 0 aromatic rings. The molecule has 0 rings (SSSR count). The van der Waals surface area contributed by atoms with E-state index in [0.29, 0.717) is 23.2 Å². The lowest BCUT2D eigenvalue weighted by molar-refractivity contribution is -0.870. The van der Waals surface area contributed by atoms with E-state index in [1.807, 2.05) is 21.1 Å². The number of likely N-dealkylation sites (N-methyl/N-ethyl adjacent to an activating group) is 1. The molecule has 0 aliphatic heterocycles. The Morgan fingerprint density at radius 2 is 1.26 bits per heavy atom.